The smallest absolute Gasteiger partial charge is 0.234 e. The number of hydrogen-bond acceptors (Lipinski definition) is 4. The summed E-state index contributed by atoms with van der Waals surface area (Å²) >= 11 is 0. The van der Waals surface area contributed by atoms with Crippen LogP contribution in [0.25, 0.3) is 0 Å². The minimum absolute atomic E-state index is 0.0268. The summed E-state index contributed by atoms with van der Waals surface area (Å²) in [5, 5.41) is 0. The number of imide groups is 1. The van der Waals surface area contributed by atoms with E-state index in [1.54, 1.807) is 7.11 Å². The van der Waals surface area contributed by atoms with Gasteiger partial charge in [0.1, 0.15) is 5.75 Å². The molecule has 4 rings (SSSR count). The summed E-state index contributed by atoms with van der Waals surface area (Å²) in [5.41, 5.74) is 2.15. The van der Waals surface area contributed by atoms with Crippen molar-refractivity contribution in [1.29, 1.82) is 0 Å². The van der Waals surface area contributed by atoms with Crippen molar-refractivity contribution in [1.82, 2.24) is 9.80 Å². The molecule has 0 N–H and O–H groups in total. The van der Waals surface area contributed by atoms with Crippen LogP contribution in [0.2, 0.25) is 0 Å². The summed E-state index contributed by atoms with van der Waals surface area (Å²) in [6.45, 7) is 2.42. The van der Waals surface area contributed by atoms with Gasteiger partial charge in [-0.1, -0.05) is 42.5 Å². The number of rotatable bonds is 5. The zero-order valence-corrected chi connectivity index (χ0v) is 14.8. The molecule has 134 valence electrons. The molecule has 0 radical (unpaired) electrons. The molecule has 2 aromatic rings. The topological polar surface area (TPSA) is 49.9 Å². The van der Waals surface area contributed by atoms with E-state index in [9.17, 15) is 9.59 Å². The molecule has 26 heavy (non-hydrogen) atoms. The Labute approximate surface area is 153 Å². The van der Waals surface area contributed by atoms with E-state index in [-0.39, 0.29) is 23.7 Å². The van der Waals surface area contributed by atoms with E-state index in [1.807, 2.05) is 54.6 Å². The Morgan fingerprint density at radius 2 is 1.42 bits per heavy atom. The fraction of sp³-hybridized carbons (Fsp3) is 0.333. The van der Waals surface area contributed by atoms with Crippen LogP contribution >= 0.6 is 0 Å². The predicted octanol–water partition coefficient (Wildman–Crippen LogP) is 2.31. The molecule has 2 aliphatic rings. The molecular formula is C21H22N2O3. The molecule has 2 aliphatic heterocycles. The molecule has 2 saturated heterocycles. The second-order valence-corrected chi connectivity index (χ2v) is 7.00. The van der Waals surface area contributed by atoms with Crippen molar-refractivity contribution in [3.8, 4) is 5.75 Å². The van der Waals surface area contributed by atoms with Gasteiger partial charge in [-0.2, -0.15) is 0 Å². The molecule has 2 atom stereocenters. The molecule has 0 spiro atoms. The van der Waals surface area contributed by atoms with Crippen molar-refractivity contribution in [2.75, 3.05) is 20.2 Å². The molecule has 2 aromatic carbocycles. The third kappa shape index (κ3) is 3.10. The van der Waals surface area contributed by atoms with Crippen LogP contribution in [0, 0.1) is 11.8 Å². The van der Waals surface area contributed by atoms with Gasteiger partial charge < -0.3 is 4.74 Å². The average Bonchev–Trinajstić information content (AvgIpc) is 3.18. The Morgan fingerprint density at radius 1 is 0.846 bits per heavy atom. The molecular weight excluding hydrogens is 328 g/mol. The van der Waals surface area contributed by atoms with Gasteiger partial charge in [0.05, 0.1) is 25.5 Å². The van der Waals surface area contributed by atoms with E-state index in [0.29, 0.717) is 19.6 Å². The number of benzene rings is 2. The van der Waals surface area contributed by atoms with Crippen LogP contribution in [0.1, 0.15) is 11.1 Å². The first-order valence-electron chi connectivity index (χ1n) is 8.90. The standard InChI is InChI=1S/C21H22N2O3/c1-26-17-9-7-16(8-10-17)11-22-13-18-19(14-22)21(25)23(20(18)24)12-15-5-3-2-4-6-15/h2-10,18-19H,11-14H2,1H3. The van der Waals surface area contributed by atoms with Crippen LogP contribution in [-0.2, 0) is 22.7 Å². The highest BCUT2D eigenvalue weighted by Crippen LogP contribution is 2.35. The molecule has 5 nitrogen and oxygen atoms in total. The zero-order valence-electron chi connectivity index (χ0n) is 14.8. The summed E-state index contributed by atoms with van der Waals surface area (Å²) in [6, 6.07) is 17.6. The Morgan fingerprint density at radius 3 is 2.00 bits per heavy atom. The SMILES string of the molecule is COc1ccc(CN2CC3C(=O)N(Cc4ccccc4)C(=O)C3C2)cc1. The lowest BCUT2D eigenvalue weighted by Gasteiger charge is -2.20. The van der Waals surface area contributed by atoms with Gasteiger partial charge in [-0.3, -0.25) is 19.4 Å². The van der Waals surface area contributed by atoms with Gasteiger partial charge in [-0.05, 0) is 23.3 Å². The highest BCUT2D eigenvalue weighted by atomic mass is 16.5. The molecule has 0 bridgehead atoms. The third-order valence-corrected chi connectivity index (χ3v) is 5.31. The second kappa shape index (κ2) is 6.92. The first-order valence-corrected chi connectivity index (χ1v) is 8.90. The number of carbonyl (C=O) groups excluding carboxylic acids is 2. The van der Waals surface area contributed by atoms with Gasteiger partial charge in [-0.25, -0.2) is 0 Å². The zero-order chi connectivity index (χ0) is 18.1. The van der Waals surface area contributed by atoms with Crippen LogP contribution in [0.15, 0.2) is 54.6 Å². The van der Waals surface area contributed by atoms with E-state index >= 15 is 0 Å². The quantitative estimate of drug-likeness (QED) is 0.777. The van der Waals surface area contributed by atoms with Gasteiger partial charge >= 0.3 is 0 Å². The Kier molecular flexibility index (Phi) is 4.47. The number of hydrogen-bond donors (Lipinski definition) is 0. The summed E-state index contributed by atoms with van der Waals surface area (Å²) in [5.74, 6) is 0.366. The van der Waals surface area contributed by atoms with Crippen LogP contribution in [-0.4, -0.2) is 41.8 Å². The van der Waals surface area contributed by atoms with E-state index < -0.39 is 0 Å². The number of nitrogens with zero attached hydrogens (tertiary/aromatic N) is 2. The van der Waals surface area contributed by atoms with Crippen molar-refractivity contribution < 1.29 is 14.3 Å². The van der Waals surface area contributed by atoms with Gasteiger partial charge in [0.15, 0.2) is 0 Å². The lowest BCUT2D eigenvalue weighted by molar-refractivity contribution is -0.141. The van der Waals surface area contributed by atoms with Gasteiger partial charge in [0, 0.05) is 19.6 Å². The summed E-state index contributed by atoms with van der Waals surface area (Å²) in [6.07, 6.45) is 0. The number of fused-ring (bicyclic) bond motifs is 1. The highest BCUT2D eigenvalue weighted by Gasteiger charge is 2.51. The van der Waals surface area contributed by atoms with Crippen molar-refractivity contribution in [2.45, 2.75) is 13.1 Å². The van der Waals surface area contributed by atoms with E-state index in [4.69, 9.17) is 4.74 Å². The lowest BCUT2D eigenvalue weighted by atomic mass is 10.00. The first-order chi connectivity index (χ1) is 12.7. The molecule has 2 heterocycles. The van der Waals surface area contributed by atoms with E-state index in [2.05, 4.69) is 4.90 Å². The van der Waals surface area contributed by atoms with Crippen LogP contribution in [0.5, 0.6) is 5.75 Å². The Bertz CT molecular complexity index is 780. The van der Waals surface area contributed by atoms with Crippen molar-refractivity contribution in [2.24, 2.45) is 11.8 Å². The van der Waals surface area contributed by atoms with Crippen LogP contribution in [0.3, 0.4) is 0 Å². The lowest BCUT2D eigenvalue weighted by Crippen LogP contribution is -2.35. The molecule has 2 amide bonds. The van der Waals surface area contributed by atoms with Crippen LogP contribution < -0.4 is 4.74 Å². The van der Waals surface area contributed by atoms with E-state index in [1.165, 1.54) is 4.90 Å². The van der Waals surface area contributed by atoms with Gasteiger partial charge in [-0.15, -0.1) is 0 Å². The van der Waals surface area contributed by atoms with Gasteiger partial charge in [0.25, 0.3) is 0 Å². The number of amides is 2. The maximum Gasteiger partial charge on any atom is 0.234 e. The number of carbonyl (C=O) groups is 2. The number of methoxy groups -OCH3 is 1. The van der Waals surface area contributed by atoms with Crippen molar-refractivity contribution in [3.05, 3.63) is 65.7 Å². The molecule has 2 unspecified atom stereocenters. The number of ether oxygens (including phenoxy) is 1. The fourth-order valence-corrected chi connectivity index (χ4v) is 3.93. The third-order valence-electron chi connectivity index (χ3n) is 5.31. The minimum atomic E-state index is -0.204. The first kappa shape index (κ1) is 16.8. The molecule has 2 fully saturated rings. The second-order valence-electron chi connectivity index (χ2n) is 7.00. The Hall–Kier alpha value is -2.66. The largest absolute Gasteiger partial charge is 0.497 e. The molecule has 0 saturated carbocycles. The fourth-order valence-electron chi connectivity index (χ4n) is 3.93. The monoisotopic (exact) mass is 350 g/mol. The van der Waals surface area contributed by atoms with Crippen LogP contribution in [0.4, 0.5) is 0 Å². The normalized spacial score (nSPS) is 22.7. The molecule has 5 heteroatoms. The highest BCUT2D eigenvalue weighted by molar-refractivity contribution is 6.05. The maximum atomic E-state index is 12.7. The Balaban J connectivity index is 1.41. The van der Waals surface area contributed by atoms with Crippen molar-refractivity contribution >= 4 is 11.8 Å². The van der Waals surface area contributed by atoms with Gasteiger partial charge in [0.2, 0.25) is 11.8 Å². The minimum Gasteiger partial charge on any atom is -0.497 e. The summed E-state index contributed by atoms with van der Waals surface area (Å²) in [4.78, 5) is 29.1. The average molecular weight is 350 g/mol. The molecule has 0 aromatic heterocycles. The molecule has 0 aliphatic carbocycles. The summed E-state index contributed by atoms with van der Waals surface area (Å²) < 4.78 is 5.18. The maximum absolute atomic E-state index is 12.7. The summed E-state index contributed by atoms with van der Waals surface area (Å²) in [7, 11) is 1.65. The predicted molar refractivity (Wildman–Crippen MR) is 97.3 cm³/mol. The number of likely N-dealkylation sites (tertiary alicyclic amines) is 2. The van der Waals surface area contributed by atoms with Crippen molar-refractivity contribution in [3.63, 3.8) is 0 Å². The van der Waals surface area contributed by atoms with E-state index in [0.717, 1.165) is 23.4 Å².